The third-order valence-electron chi connectivity index (χ3n) is 1.76. The Morgan fingerprint density at radius 2 is 2.29 bits per heavy atom. The van der Waals surface area contributed by atoms with Crippen LogP contribution in [0.15, 0.2) is 15.9 Å². The highest BCUT2D eigenvalue weighted by atomic mass is 79.9. The molecule has 0 aromatic carbocycles. The van der Waals surface area contributed by atoms with E-state index in [0.717, 1.165) is 8.66 Å². The third kappa shape index (κ3) is 2.97. The van der Waals surface area contributed by atoms with Crippen molar-refractivity contribution < 1.29 is 4.79 Å². The number of carbonyl (C=O) groups is 1. The molecular formula is C9H11BrClNOS. The lowest BCUT2D eigenvalue weighted by Gasteiger charge is -2.24. The summed E-state index contributed by atoms with van der Waals surface area (Å²) in [6.07, 6.45) is 0. The molecule has 1 heterocycles. The van der Waals surface area contributed by atoms with Crippen LogP contribution in [0.3, 0.4) is 0 Å². The first-order valence-corrected chi connectivity index (χ1v) is 6.23. The van der Waals surface area contributed by atoms with Gasteiger partial charge in [-0.15, -0.1) is 22.9 Å². The first-order chi connectivity index (χ1) is 6.45. The number of thiophene rings is 1. The molecule has 1 aromatic heterocycles. The van der Waals surface area contributed by atoms with Crippen molar-refractivity contribution in [2.45, 2.75) is 19.4 Å². The second kappa shape index (κ2) is 4.64. The molecule has 14 heavy (non-hydrogen) atoms. The van der Waals surface area contributed by atoms with Crippen LogP contribution in [0.2, 0.25) is 0 Å². The van der Waals surface area contributed by atoms with Crippen LogP contribution in [0.25, 0.3) is 0 Å². The normalized spacial score (nSPS) is 11.4. The molecule has 0 saturated heterocycles. The summed E-state index contributed by atoms with van der Waals surface area (Å²) in [5.74, 6) is -0.156. The molecule has 0 spiro atoms. The zero-order chi connectivity index (χ0) is 10.8. The van der Waals surface area contributed by atoms with E-state index in [1.54, 1.807) is 11.3 Å². The molecule has 0 aliphatic rings. The quantitative estimate of drug-likeness (QED) is 0.853. The largest absolute Gasteiger partial charge is 0.345 e. The first kappa shape index (κ1) is 12.0. The molecule has 0 bridgehead atoms. The van der Waals surface area contributed by atoms with E-state index < -0.39 is 0 Å². The van der Waals surface area contributed by atoms with Gasteiger partial charge < -0.3 is 5.32 Å². The molecule has 0 aliphatic heterocycles. The second-order valence-corrected chi connectivity index (χ2v) is 6.14. The number of nitrogens with one attached hydrogen (secondary N) is 1. The third-order valence-corrected chi connectivity index (χ3v) is 3.95. The van der Waals surface area contributed by atoms with Crippen LogP contribution in [0.1, 0.15) is 18.7 Å². The smallest absolute Gasteiger partial charge is 0.235 e. The molecular weight excluding hydrogens is 286 g/mol. The molecule has 0 fully saturated rings. The van der Waals surface area contributed by atoms with E-state index in [1.165, 1.54) is 0 Å². The number of rotatable bonds is 3. The number of hydrogen-bond donors (Lipinski definition) is 1. The van der Waals surface area contributed by atoms with E-state index in [-0.39, 0.29) is 17.3 Å². The highest BCUT2D eigenvalue weighted by Crippen LogP contribution is 2.30. The van der Waals surface area contributed by atoms with Crippen molar-refractivity contribution in [1.29, 1.82) is 0 Å². The first-order valence-electron chi connectivity index (χ1n) is 4.08. The maximum absolute atomic E-state index is 11.2. The van der Waals surface area contributed by atoms with E-state index in [2.05, 4.69) is 21.2 Å². The Bertz CT molecular complexity index is 337. The average Bonchev–Trinajstić information content (AvgIpc) is 2.51. The highest BCUT2D eigenvalue weighted by Gasteiger charge is 2.23. The second-order valence-electron chi connectivity index (χ2n) is 3.41. The van der Waals surface area contributed by atoms with Gasteiger partial charge in [-0.05, 0) is 41.9 Å². The number of alkyl halides is 1. The van der Waals surface area contributed by atoms with Gasteiger partial charge in [0.1, 0.15) is 5.88 Å². The molecule has 2 nitrogen and oxygen atoms in total. The van der Waals surface area contributed by atoms with Crippen molar-refractivity contribution in [2.75, 3.05) is 5.88 Å². The van der Waals surface area contributed by atoms with Crippen molar-refractivity contribution in [3.63, 3.8) is 0 Å². The average molecular weight is 297 g/mol. The van der Waals surface area contributed by atoms with Crippen LogP contribution in [0, 0.1) is 0 Å². The van der Waals surface area contributed by atoms with Crippen molar-refractivity contribution in [1.82, 2.24) is 5.32 Å². The molecule has 0 aliphatic carbocycles. The minimum absolute atomic E-state index is 0.00399. The van der Waals surface area contributed by atoms with E-state index in [0.29, 0.717) is 0 Å². The van der Waals surface area contributed by atoms with Gasteiger partial charge in [0, 0.05) is 4.88 Å². The Kier molecular flexibility index (Phi) is 3.98. The summed E-state index contributed by atoms with van der Waals surface area (Å²) in [7, 11) is 0. The summed E-state index contributed by atoms with van der Waals surface area (Å²) in [6, 6.07) is 3.96. The van der Waals surface area contributed by atoms with Crippen molar-refractivity contribution in [2.24, 2.45) is 0 Å². The van der Waals surface area contributed by atoms with Gasteiger partial charge in [-0.1, -0.05) is 0 Å². The lowest BCUT2D eigenvalue weighted by molar-refractivity contribution is -0.120. The summed E-state index contributed by atoms with van der Waals surface area (Å²) in [5, 5.41) is 2.85. The summed E-state index contributed by atoms with van der Waals surface area (Å²) in [5.41, 5.74) is -0.358. The molecule has 1 aromatic rings. The Balaban J connectivity index is 2.79. The fourth-order valence-electron chi connectivity index (χ4n) is 1.09. The predicted molar refractivity (Wildman–Crippen MR) is 63.9 cm³/mol. The van der Waals surface area contributed by atoms with Crippen molar-refractivity contribution >= 4 is 44.8 Å². The molecule has 5 heteroatoms. The zero-order valence-electron chi connectivity index (χ0n) is 7.93. The molecule has 78 valence electrons. The SMILES string of the molecule is CC(C)(NC(=O)CCl)c1ccc(Br)s1. The molecule has 1 amide bonds. The molecule has 1 N–H and O–H groups in total. The van der Waals surface area contributed by atoms with Gasteiger partial charge in [0.2, 0.25) is 5.91 Å². The summed E-state index contributed by atoms with van der Waals surface area (Å²) in [6.45, 7) is 3.91. The van der Waals surface area contributed by atoms with Crippen molar-refractivity contribution in [3.05, 3.63) is 20.8 Å². The lowest BCUT2D eigenvalue weighted by atomic mass is 10.0. The molecule has 0 unspecified atom stereocenters. The maximum Gasteiger partial charge on any atom is 0.235 e. The number of amides is 1. The van der Waals surface area contributed by atoms with Crippen LogP contribution in [-0.2, 0) is 10.3 Å². The molecule has 1 rings (SSSR count). The summed E-state index contributed by atoms with van der Waals surface area (Å²) < 4.78 is 1.06. The standard InChI is InChI=1S/C9H11BrClNOS/c1-9(2,12-8(13)5-11)6-3-4-7(10)14-6/h3-4H,5H2,1-2H3,(H,12,13). The van der Waals surface area contributed by atoms with Gasteiger partial charge >= 0.3 is 0 Å². The van der Waals surface area contributed by atoms with Gasteiger partial charge in [0.15, 0.2) is 0 Å². The topological polar surface area (TPSA) is 29.1 Å². The van der Waals surface area contributed by atoms with Gasteiger partial charge in [-0.2, -0.15) is 0 Å². The Morgan fingerprint density at radius 1 is 1.64 bits per heavy atom. The number of carbonyl (C=O) groups excluding carboxylic acids is 1. The maximum atomic E-state index is 11.2. The Labute approximate surface area is 101 Å². The van der Waals surface area contributed by atoms with Crippen LogP contribution in [-0.4, -0.2) is 11.8 Å². The van der Waals surface area contributed by atoms with E-state index in [9.17, 15) is 4.79 Å². The highest BCUT2D eigenvalue weighted by molar-refractivity contribution is 9.11. The van der Waals surface area contributed by atoms with Crippen LogP contribution >= 0.6 is 38.9 Å². The van der Waals surface area contributed by atoms with Crippen LogP contribution < -0.4 is 5.32 Å². The van der Waals surface area contributed by atoms with Gasteiger partial charge in [-0.25, -0.2) is 0 Å². The predicted octanol–water partition coefficient (Wildman–Crippen LogP) is 3.10. The summed E-state index contributed by atoms with van der Waals surface area (Å²) >= 11 is 10.4. The Morgan fingerprint density at radius 3 is 2.71 bits per heavy atom. The molecule has 0 radical (unpaired) electrons. The van der Waals surface area contributed by atoms with Gasteiger partial charge in [0.05, 0.1) is 9.33 Å². The van der Waals surface area contributed by atoms with E-state index in [1.807, 2.05) is 26.0 Å². The lowest BCUT2D eigenvalue weighted by Crippen LogP contribution is -2.41. The van der Waals surface area contributed by atoms with Crippen LogP contribution in [0.5, 0.6) is 0 Å². The monoisotopic (exact) mass is 295 g/mol. The molecule has 0 saturated carbocycles. The molecule has 0 atom stereocenters. The fourth-order valence-corrected chi connectivity index (χ4v) is 2.60. The van der Waals surface area contributed by atoms with Gasteiger partial charge in [-0.3, -0.25) is 4.79 Å². The zero-order valence-corrected chi connectivity index (χ0v) is 11.1. The summed E-state index contributed by atoms with van der Waals surface area (Å²) in [4.78, 5) is 12.3. The number of halogens is 2. The van der Waals surface area contributed by atoms with E-state index in [4.69, 9.17) is 11.6 Å². The minimum Gasteiger partial charge on any atom is -0.345 e. The van der Waals surface area contributed by atoms with Crippen LogP contribution in [0.4, 0.5) is 0 Å². The Hall–Kier alpha value is -0.0600. The van der Waals surface area contributed by atoms with Gasteiger partial charge in [0.25, 0.3) is 0 Å². The fraction of sp³-hybridized carbons (Fsp3) is 0.444. The minimum atomic E-state index is -0.358. The van der Waals surface area contributed by atoms with E-state index >= 15 is 0 Å². The number of hydrogen-bond acceptors (Lipinski definition) is 2. The van der Waals surface area contributed by atoms with Crippen molar-refractivity contribution in [3.8, 4) is 0 Å².